The zero-order chi connectivity index (χ0) is 40.9. The van der Waals surface area contributed by atoms with E-state index in [9.17, 15) is 35.2 Å². The molecule has 57 heavy (non-hydrogen) atoms. The van der Waals surface area contributed by atoms with Crippen molar-refractivity contribution in [2.75, 3.05) is 11.0 Å². The van der Waals surface area contributed by atoms with Crippen molar-refractivity contribution in [3.8, 4) is 22.6 Å². The molecule has 1 saturated carbocycles. The van der Waals surface area contributed by atoms with Gasteiger partial charge in [0.15, 0.2) is 17.3 Å². The molecular weight excluding hydrogens is 807 g/mol. The third-order valence-electron chi connectivity index (χ3n) is 10.1. The van der Waals surface area contributed by atoms with E-state index in [0.717, 1.165) is 18.4 Å². The molecule has 21 heteroatoms. The van der Waals surface area contributed by atoms with Gasteiger partial charge in [-0.1, -0.05) is 23.7 Å². The number of anilines is 1. The Morgan fingerprint density at radius 1 is 1.05 bits per heavy atom. The van der Waals surface area contributed by atoms with Crippen LogP contribution >= 0.6 is 11.6 Å². The number of alkyl halides is 5. The van der Waals surface area contributed by atoms with Gasteiger partial charge in [-0.25, -0.2) is 36.8 Å². The molecule has 4 aromatic heterocycles. The average molecular weight is 834 g/mol. The molecule has 2 aliphatic carbocycles. The van der Waals surface area contributed by atoms with E-state index in [1.165, 1.54) is 54.5 Å². The van der Waals surface area contributed by atoms with Gasteiger partial charge in [0.25, 0.3) is 5.92 Å². The quantitative estimate of drug-likeness (QED) is 0.141. The van der Waals surface area contributed by atoms with E-state index in [1.807, 2.05) is 0 Å². The minimum absolute atomic E-state index is 0.0314. The Morgan fingerprint density at radius 3 is 2.35 bits per heavy atom. The fourth-order valence-electron chi connectivity index (χ4n) is 7.85. The first-order valence-electron chi connectivity index (χ1n) is 17.0. The Hall–Kier alpha value is -5.63. The molecule has 4 heterocycles. The molecule has 4 atom stereocenters. The standard InChI is InChI=1S/C36H27ClF7N9O3S/c1-52-28-19(4-6-23(37)26(28)34(50-52)51-57(2,55)56)18-5-7-24(33-46-8-3-9-47-33)48-27(18)21(12-15-10-16(38)13-17(39)11-15)29(32(45)54)53-31-25(30(49-53)36(42,43)44)20-14-22(20)35(31,40)41/h3-11,13,20-22,29H,12,14H2,1-2H3,(H2,45,54)(H,50,51)/t20-,21+,22+,29?/m0/s1. The van der Waals surface area contributed by atoms with Crippen molar-refractivity contribution in [3.63, 3.8) is 0 Å². The third-order valence-corrected chi connectivity index (χ3v) is 10.9. The van der Waals surface area contributed by atoms with E-state index < -0.39 is 86.8 Å². The summed E-state index contributed by atoms with van der Waals surface area (Å²) in [6, 6.07) is 7.54. The zero-order valence-electron chi connectivity index (χ0n) is 29.4. The Bertz CT molecular complexity index is 2720. The van der Waals surface area contributed by atoms with Crippen LogP contribution in [0.2, 0.25) is 5.02 Å². The van der Waals surface area contributed by atoms with Gasteiger partial charge in [0.05, 0.1) is 27.9 Å². The van der Waals surface area contributed by atoms with Crippen molar-refractivity contribution in [3.05, 3.63) is 106 Å². The summed E-state index contributed by atoms with van der Waals surface area (Å²) in [6.07, 6.45) is -2.38. The van der Waals surface area contributed by atoms with Gasteiger partial charge in [-0.15, -0.1) is 0 Å². The summed E-state index contributed by atoms with van der Waals surface area (Å²) in [5.74, 6) is -11.9. The molecule has 2 aromatic carbocycles. The minimum Gasteiger partial charge on any atom is -0.368 e. The van der Waals surface area contributed by atoms with E-state index in [2.05, 4.69) is 24.9 Å². The van der Waals surface area contributed by atoms with Crippen LogP contribution in [0.4, 0.5) is 36.6 Å². The van der Waals surface area contributed by atoms with E-state index >= 15 is 8.78 Å². The summed E-state index contributed by atoms with van der Waals surface area (Å²) in [5.41, 5.74) is 2.67. The lowest BCUT2D eigenvalue weighted by Gasteiger charge is -2.30. The number of aromatic nitrogens is 7. The maximum absolute atomic E-state index is 16.1. The number of carbonyl (C=O) groups is 1. The summed E-state index contributed by atoms with van der Waals surface area (Å²) in [4.78, 5) is 27.0. The van der Waals surface area contributed by atoms with Crippen molar-refractivity contribution >= 4 is 44.3 Å². The first-order chi connectivity index (χ1) is 26.7. The summed E-state index contributed by atoms with van der Waals surface area (Å²) < 4.78 is 134. The number of hydrogen-bond donors (Lipinski definition) is 2. The van der Waals surface area contributed by atoms with Crippen LogP contribution in [0, 0.1) is 17.6 Å². The third kappa shape index (κ3) is 6.63. The Morgan fingerprint density at radius 2 is 1.72 bits per heavy atom. The average Bonchev–Trinajstić information content (AvgIpc) is 3.64. The van der Waals surface area contributed by atoms with Crippen molar-refractivity contribution in [2.24, 2.45) is 18.7 Å². The first-order valence-corrected chi connectivity index (χ1v) is 19.3. The summed E-state index contributed by atoms with van der Waals surface area (Å²) in [5, 5.41) is 8.08. The van der Waals surface area contributed by atoms with Gasteiger partial charge in [-0.05, 0) is 54.7 Å². The molecule has 0 spiro atoms. The molecule has 12 nitrogen and oxygen atoms in total. The van der Waals surface area contributed by atoms with E-state index in [-0.39, 0.29) is 62.1 Å². The number of aryl methyl sites for hydroxylation is 1. The Kier molecular flexibility index (Phi) is 8.87. The molecular formula is C36H27ClF7N9O3S. The second-order valence-electron chi connectivity index (χ2n) is 13.9. The van der Waals surface area contributed by atoms with Crippen LogP contribution in [0.3, 0.4) is 0 Å². The summed E-state index contributed by atoms with van der Waals surface area (Å²) in [6.45, 7) is 0. The predicted octanol–water partition coefficient (Wildman–Crippen LogP) is 6.87. The van der Waals surface area contributed by atoms with Gasteiger partial charge < -0.3 is 5.73 Å². The fourth-order valence-corrected chi connectivity index (χ4v) is 8.58. The monoisotopic (exact) mass is 833 g/mol. The van der Waals surface area contributed by atoms with Gasteiger partial charge >= 0.3 is 6.18 Å². The zero-order valence-corrected chi connectivity index (χ0v) is 30.9. The molecule has 6 aromatic rings. The maximum Gasteiger partial charge on any atom is 0.435 e. The predicted molar refractivity (Wildman–Crippen MR) is 191 cm³/mol. The van der Waals surface area contributed by atoms with Gasteiger partial charge in [-0.3, -0.25) is 14.2 Å². The van der Waals surface area contributed by atoms with E-state index in [0.29, 0.717) is 10.7 Å². The summed E-state index contributed by atoms with van der Waals surface area (Å²) >= 11 is 6.59. The smallest absolute Gasteiger partial charge is 0.368 e. The number of fused-ring (bicyclic) bond motifs is 4. The maximum atomic E-state index is 16.1. The summed E-state index contributed by atoms with van der Waals surface area (Å²) in [7, 11) is -2.43. The van der Waals surface area contributed by atoms with Crippen LogP contribution in [0.25, 0.3) is 33.5 Å². The van der Waals surface area contributed by atoms with Crippen molar-refractivity contribution in [1.29, 1.82) is 0 Å². The number of nitrogens with one attached hydrogen (secondary N) is 1. The molecule has 2 aliphatic rings. The number of nitrogens with two attached hydrogens (primary N) is 1. The van der Waals surface area contributed by atoms with Crippen molar-refractivity contribution < 1.29 is 43.9 Å². The van der Waals surface area contributed by atoms with Crippen LogP contribution in [-0.4, -0.2) is 55.1 Å². The topological polar surface area (TPSA) is 164 Å². The lowest BCUT2D eigenvalue weighted by molar-refractivity contribution is -0.142. The molecule has 0 saturated heterocycles. The van der Waals surface area contributed by atoms with Gasteiger partial charge in [0, 0.05) is 54.0 Å². The van der Waals surface area contributed by atoms with E-state index in [4.69, 9.17) is 22.3 Å². The lowest BCUT2D eigenvalue weighted by atomic mass is 9.84. The highest BCUT2D eigenvalue weighted by atomic mass is 35.5. The SMILES string of the molecule is Cn1nc(NS(C)(=O)=O)c2c(Cl)ccc(-c3ccc(-c4ncccn4)nc3[C@@H](Cc3cc(F)cc(F)c3)C(C(N)=O)n3nc(C(F)(F)F)c4c3C(F)(F)[C@@H]3C[C@H]43)c21. The number of amides is 1. The molecule has 1 amide bonds. The van der Waals surface area contributed by atoms with Crippen LogP contribution in [-0.2, 0) is 40.4 Å². The highest BCUT2D eigenvalue weighted by Crippen LogP contribution is 2.69. The first kappa shape index (κ1) is 38.3. The Balaban J connectivity index is 1.45. The second-order valence-corrected chi connectivity index (χ2v) is 16.1. The molecule has 0 radical (unpaired) electrons. The highest BCUT2D eigenvalue weighted by Gasteiger charge is 2.69. The van der Waals surface area contributed by atoms with Crippen LogP contribution < -0.4 is 10.5 Å². The number of rotatable bonds is 10. The van der Waals surface area contributed by atoms with E-state index in [1.54, 1.807) is 0 Å². The molecule has 1 fully saturated rings. The highest BCUT2D eigenvalue weighted by molar-refractivity contribution is 7.92. The molecule has 8 rings (SSSR count). The number of primary amides is 1. The van der Waals surface area contributed by atoms with Crippen LogP contribution in [0.5, 0.6) is 0 Å². The number of hydrogen-bond acceptors (Lipinski definition) is 8. The number of pyridine rings is 1. The number of benzene rings is 2. The fraction of sp³-hybridized carbons (Fsp3) is 0.278. The molecule has 0 aliphatic heterocycles. The molecule has 0 bridgehead atoms. The number of nitrogens with zero attached hydrogens (tertiary/aromatic N) is 7. The minimum atomic E-state index is -5.22. The second kappa shape index (κ2) is 13.2. The van der Waals surface area contributed by atoms with Gasteiger partial charge in [-0.2, -0.15) is 32.1 Å². The normalized spacial score (nSPS) is 18.3. The lowest BCUT2D eigenvalue weighted by Crippen LogP contribution is -2.37. The number of halogens is 8. The van der Waals surface area contributed by atoms with Crippen LogP contribution in [0.15, 0.2) is 60.9 Å². The molecule has 1 unspecified atom stereocenters. The molecule has 3 N–H and O–H groups in total. The Labute approximate surface area is 322 Å². The van der Waals surface area contributed by atoms with Crippen LogP contribution in [0.1, 0.15) is 52.5 Å². The van der Waals surface area contributed by atoms with Gasteiger partial charge in [0.1, 0.15) is 29.1 Å². The number of sulfonamides is 1. The number of carbonyl (C=O) groups excluding carboxylic acids is 1. The van der Waals surface area contributed by atoms with Crippen molar-refractivity contribution in [2.45, 2.75) is 42.8 Å². The molecule has 296 valence electrons. The largest absolute Gasteiger partial charge is 0.435 e. The van der Waals surface area contributed by atoms with Gasteiger partial charge in [0.2, 0.25) is 15.9 Å². The van der Waals surface area contributed by atoms with Crippen molar-refractivity contribution in [1.82, 2.24) is 34.5 Å².